The second kappa shape index (κ2) is 5.78. The monoisotopic (exact) mass is 214 g/mol. The molecule has 2 nitrogen and oxygen atoms in total. The molecule has 0 bridgehead atoms. The number of nitrogens with zero attached hydrogens (tertiary/aromatic N) is 1. The minimum atomic E-state index is -0.407. The molecule has 2 N–H and O–H groups in total. The molecule has 0 saturated carbocycles. The van der Waals surface area contributed by atoms with Crippen LogP contribution in [0.4, 0.5) is 8.78 Å². The molecule has 0 saturated heterocycles. The van der Waals surface area contributed by atoms with Crippen molar-refractivity contribution in [3.05, 3.63) is 35.4 Å². The summed E-state index contributed by atoms with van der Waals surface area (Å²) in [6.45, 7) is 4.34. The second-order valence-electron chi connectivity index (χ2n) is 3.39. The molecule has 0 aliphatic heterocycles. The summed E-state index contributed by atoms with van der Waals surface area (Å²) in [7, 11) is 0. The third-order valence-corrected chi connectivity index (χ3v) is 2.29. The highest BCUT2D eigenvalue weighted by atomic mass is 19.1. The summed E-state index contributed by atoms with van der Waals surface area (Å²) in [5.41, 5.74) is 5.80. The van der Waals surface area contributed by atoms with Crippen molar-refractivity contribution in [2.24, 2.45) is 5.73 Å². The van der Waals surface area contributed by atoms with E-state index in [1.54, 1.807) is 0 Å². The van der Waals surface area contributed by atoms with Gasteiger partial charge in [-0.1, -0.05) is 6.92 Å². The third-order valence-electron chi connectivity index (χ3n) is 2.29. The lowest BCUT2D eigenvalue weighted by Crippen LogP contribution is -2.29. The van der Waals surface area contributed by atoms with E-state index in [-0.39, 0.29) is 5.82 Å². The molecule has 0 radical (unpaired) electrons. The maximum Gasteiger partial charge on any atom is 0.127 e. The van der Waals surface area contributed by atoms with Crippen molar-refractivity contribution in [2.75, 3.05) is 19.6 Å². The lowest BCUT2D eigenvalue weighted by molar-refractivity contribution is 0.283. The number of hydrogen-bond acceptors (Lipinski definition) is 2. The molecule has 4 heteroatoms. The Labute approximate surface area is 88.7 Å². The molecule has 0 atom stereocenters. The zero-order valence-electron chi connectivity index (χ0n) is 8.84. The molecular formula is C11H16F2N2. The van der Waals surface area contributed by atoms with E-state index in [0.717, 1.165) is 18.7 Å². The average molecular weight is 214 g/mol. The molecular weight excluding hydrogens is 198 g/mol. The van der Waals surface area contributed by atoms with Gasteiger partial charge in [-0.3, -0.25) is 4.90 Å². The summed E-state index contributed by atoms with van der Waals surface area (Å²) in [6, 6.07) is 3.51. The van der Waals surface area contributed by atoms with Crippen LogP contribution in [0, 0.1) is 11.6 Å². The van der Waals surface area contributed by atoms with Gasteiger partial charge in [-0.05, 0) is 24.7 Å². The fraction of sp³-hybridized carbons (Fsp3) is 0.455. The Morgan fingerprint density at radius 2 is 2.07 bits per heavy atom. The van der Waals surface area contributed by atoms with Crippen LogP contribution >= 0.6 is 0 Å². The van der Waals surface area contributed by atoms with Gasteiger partial charge in [-0.15, -0.1) is 0 Å². The van der Waals surface area contributed by atoms with Gasteiger partial charge in [-0.2, -0.15) is 0 Å². The number of nitrogens with two attached hydrogens (primary N) is 1. The quantitative estimate of drug-likeness (QED) is 0.809. The highest BCUT2D eigenvalue weighted by Gasteiger charge is 2.08. The highest BCUT2D eigenvalue weighted by molar-refractivity contribution is 5.18. The van der Waals surface area contributed by atoms with Crippen LogP contribution in [0.1, 0.15) is 12.5 Å². The first-order valence-corrected chi connectivity index (χ1v) is 5.03. The summed E-state index contributed by atoms with van der Waals surface area (Å²) in [5.74, 6) is -0.776. The van der Waals surface area contributed by atoms with Crippen molar-refractivity contribution >= 4 is 0 Å². The molecule has 0 aliphatic rings. The largest absolute Gasteiger partial charge is 0.329 e. The van der Waals surface area contributed by atoms with Crippen LogP contribution < -0.4 is 5.73 Å². The van der Waals surface area contributed by atoms with Gasteiger partial charge in [0.15, 0.2) is 0 Å². The summed E-state index contributed by atoms with van der Waals surface area (Å²) >= 11 is 0. The van der Waals surface area contributed by atoms with Gasteiger partial charge in [0.2, 0.25) is 0 Å². The van der Waals surface area contributed by atoms with Gasteiger partial charge in [0.25, 0.3) is 0 Å². The van der Waals surface area contributed by atoms with Crippen LogP contribution in [0.5, 0.6) is 0 Å². The van der Waals surface area contributed by atoms with Crippen molar-refractivity contribution in [2.45, 2.75) is 13.5 Å². The predicted octanol–water partition coefficient (Wildman–Crippen LogP) is 1.75. The van der Waals surface area contributed by atoms with E-state index in [2.05, 4.69) is 0 Å². The Bertz CT molecular complexity index is 315. The molecule has 84 valence electrons. The molecule has 0 unspecified atom stereocenters. The fourth-order valence-electron chi connectivity index (χ4n) is 1.44. The Hall–Kier alpha value is -1.00. The fourth-order valence-corrected chi connectivity index (χ4v) is 1.44. The first-order valence-electron chi connectivity index (χ1n) is 5.03. The summed E-state index contributed by atoms with van der Waals surface area (Å²) in [6.07, 6.45) is 0. The van der Waals surface area contributed by atoms with Crippen LogP contribution in [0.15, 0.2) is 18.2 Å². The minimum absolute atomic E-state index is 0.369. The molecule has 0 fully saturated rings. The molecule has 15 heavy (non-hydrogen) atoms. The molecule has 1 aromatic rings. The number of hydrogen-bond donors (Lipinski definition) is 1. The summed E-state index contributed by atoms with van der Waals surface area (Å²) in [5, 5.41) is 0. The Morgan fingerprint density at radius 1 is 1.33 bits per heavy atom. The van der Waals surface area contributed by atoms with Crippen LogP contribution in [0.3, 0.4) is 0 Å². The van der Waals surface area contributed by atoms with E-state index >= 15 is 0 Å². The highest BCUT2D eigenvalue weighted by Crippen LogP contribution is 2.11. The standard InChI is InChI=1S/C11H16F2N2/c1-2-15(6-5-14)8-9-7-10(12)3-4-11(9)13/h3-4,7H,2,5-6,8,14H2,1H3. The number of likely N-dealkylation sites (N-methyl/N-ethyl adjacent to an activating group) is 1. The Morgan fingerprint density at radius 3 is 2.67 bits per heavy atom. The van der Waals surface area contributed by atoms with Crippen LogP contribution in [-0.4, -0.2) is 24.5 Å². The van der Waals surface area contributed by atoms with Gasteiger partial charge >= 0.3 is 0 Å². The predicted molar refractivity (Wildman–Crippen MR) is 56.4 cm³/mol. The summed E-state index contributed by atoms with van der Waals surface area (Å²) < 4.78 is 26.2. The third kappa shape index (κ3) is 3.57. The molecule has 0 spiro atoms. The van der Waals surface area contributed by atoms with E-state index in [9.17, 15) is 8.78 Å². The lowest BCUT2D eigenvalue weighted by Gasteiger charge is -2.19. The van der Waals surface area contributed by atoms with E-state index < -0.39 is 5.82 Å². The lowest BCUT2D eigenvalue weighted by atomic mass is 10.2. The van der Waals surface area contributed by atoms with Gasteiger partial charge < -0.3 is 5.73 Å². The normalized spacial score (nSPS) is 11.0. The van der Waals surface area contributed by atoms with Crippen LogP contribution in [0.2, 0.25) is 0 Å². The van der Waals surface area contributed by atoms with Crippen molar-refractivity contribution in [3.63, 3.8) is 0 Å². The molecule has 1 aromatic carbocycles. The Balaban J connectivity index is 2.73. The zero-order chi connectivity index (χ0) is 11.3. The topological polar surface area (TPSA) is 29.3 Å². The van der Waals surface area contributed by atoms with Gasteiger partial charge in [-0.25, -0.2) is 8.78 Å². The zero-order valence-corrected chi connectivity index (χ0v) is 8.84. The number of rotatable bonds is 5. The minimum Gasteiger partial charge on any atom is -0.329 e. The van der Waals surface area contributed by atoms with Crippen molar-refractivity contribution in [1.29, 1.82) is 0 Å². The molecule has 0 aromatic heterocycles. The Kier molecular flexibility index (Phi) is 4.65. The van der Waals surface area contributed by atoms with E-state index in [4.69, 9.17) is 5.73 Å². The average Bonchev–Trinajstić information content (AvgIpc) is 2.22. The maximum atomic E-state index is 13.3. The van der Waals surface area contributed by atoms with Crippen molar-refractivity contribution in [3.8, 4) is 0 Å². The number of halogens is 2. The molecule has 0 aliphatic carbocycles. The van der Waals surface area contributed by atoms with Crippen molar-refractivity contribution < 1.29 is 8.78 Å². The molecule has 1 rings (SSSR count). The summed E-state index contributed by atoms with van der Waals surface area (Å²) in [4.78, 5) is 1.97. The molecule has 0 amide bonds. The van der Waals surface area contributed by atoms with Crippen LogP contribution in [0.25, 0.3) is 0 Å². The first kappa shape index (κ1) is 12.1. The maximum absolute atomic E-state index is 13.3. The number of benzene rings is 1. The smallest absolute Gasteiger partial charge is 0.127 e. The van der Waals surface area contributed by atoms with Crippen molar-refractivity contribution in [1.82, 2.24) is 4.90 Å². The van der Waals surface area contributed by atoms with Gasteiger partial charge in [0.1, 0.15) is 11.6 Å². The molecule has 0 heterocycles. The second-order valence-corrected chi connectivity index (χ2v) is 3.39. The van der Waals surface area contributed by atoms with Crippen LogP contribution in [-0.2, 0) is 6.54 Å². The van der Waals surface area contributed by atoms with Gasteiger partial charge in [0.05, 0.1) is 0 Å². The first-order chi connectivity index (χ1) is 7.17. The van der Waals surface area contributed by atoms with E-state index in [1.807, 2.05) is 11.8 Å². The SMILES string of the molecule is CCN(CCN)Cc1cc(F)ccc1F. The van der Waals surface area contributed by atoms with Gasteiger partial charge in [0, 0.05) is 25.2 Å². The van der Waals surface area contributed by atoms with E-state index in [1.165, 1.54) is 6.07 Å². The van der Waals surface area contributed by atoms with E-state index in [0.29, 0.717) is 25.2 Å².